The Kier molecular flexibility index (Phi) is 259. The van der Waals surface area contributed by atoms with E-state index in [2.05, 4.69) is 12.8 Å². The first-order valence-corrected chi connectivity index (χ1v) is 0.333. The third-order valence-corrected chi connectivity index (χ3v) is 0. The van der Waals surface area contributed by atoms with Gasteiger partial charge in [-0.2, -0.15) is 0 Å². The van der Waals surface area contributed by atoms with Crippen molar-refractivity contribution in [2.75, 3.05) is 0 Å². The van der Waals surface area contributed by atoms with Crippen LogP contribution in [0.1, 0.15) is 0 Å². The quantitative estimate of drug-likeness (QED) is 0.423. The molecule has 0 aliphatic carbocycles. The molecule has 2 heteroatoms. The van der Waals surface area contributed by atoms with Crippen LogP contribution < -0.4 is 6.15 Å². The van der Waals surface area contributed by atoms with E-state index in [1.165, 1.54) is 0 Å². The average Bonchev–Trinajstić information content (AvgIpc) is 1.00. The summed E-state index contributed by atoms with van der Waals surface area (Å²) in [6.45, 7) is 0. The molecule has 0 heterocycles. The maximum Gasteiger partial charge on any atom is 0 e. The smallest absolute Gasteiger partial charge is 0 e. The molecular formula is C2H5ArN. The molecule has 0 atom stereocenters. The van der Waals surface area contributed by atoms with E-state index in [9.17, 15) is 0 Å². The first-order chi connectivity index (χ1) is 1.00. The van der Waals surface area contributed by atoms with Gasteiger partial charge in [0, 0.05) is 37.7 Å². The topological polar surface area (TPSA) is 35.0 Å². The fraction of sp³-hybridized carbons (Fsp3) is 0. The molecule has 0 saturated carbocycles. The van der Waals surface area contributed by atoms with Gasteiger partial charge in [-0.05, 0) is 0 Å². The number of rotatable bonds is 0. The third kappa shape index (κ3) is 14.5. The van der Waals surface area contributed by atoms with Gasteiger partial charge in [-0.1, -0.05) is 0 Å². The summed E-state index contributed by atoms with van der Waals surface area (Å²) in [7, 11) is 0. The molecule has 0 aromatic heterocycles. The predicted molar refractivity (Wildman–Crippen MR) is 14.9 cm³/mol. The van der Waals surface area contributed by atoms with Crippen molar-refractivity contribution in [3.05, 3.63) is 0 Å². The Morgan fingerprint density at radius 3 is 1.00 bits per heavy atom. The van der Waals surface area contributed by atoms with Crippen molar-refractivity contribution in [1.82, 2.24) is 6.15 Å². The predicted octanol–water partition coefficient (Wildman–Crippen LogP) is 0.411. The standard InChI is InChI=1S/C2H2.Ar.H3N/c1-2;;/h1-2H;;1H3. The van der Waals surface area contributed by atoms with E-state index in [4.69, 9.17) is 0 Å². The van der Waals surface area contributed by atoms with Gasteiger partial charge in [0.1, 0.15) is 0 Å². The van der Waals surface area contributed by atoms with Gasteiger partial charge in [-0.25, -0.2) is 0 Å². The van der Waals surface area contributed by atoms with Crippen molar-refractivity contribution in [2.45, 2.75) is 0 Å². The minimum atomic E-state index is 0. The fourth-order valence-electron chi connectivity index (χ4n) is 0. The molecule has 3 N–H and O–H groups in total. The Balaban J connectivity index is -0.00000000500. The molecule has 0 spiro atoms. The molecule has 0 radical (unpaired) electrons. The van der Waals surface area contributed by atoms with E-state index in [0.29, 0.717) is 0 Å². The van der Waals surface area contributed by atoms with Crippen LogP contribution in [-0.4, -0.2) is 0 Å². The van der Waals surface area contributed by atoms with E-state index in [-0.39, 0.29) is 43.9 Å². The molecule has 0 saturated heterocycles. The summed E-state index contributed by atoms with van der Waals surface area (Å²) in [6.07, 6.45) is 8.00. The van der Waals surface area contributed by atoms with Crippen LogP contribution in [0.4, 0.5) is 0 Å². The number of terminal acetylenes is 1. The van der Waals surface area contributed by atoms with Gasteiger partial charge < -0.3 is 6.15 Å². The van der Waals surface area contributed by atoms with Gasteiger partial charge in [-0.3, -0.25) is 0 Å². The average molecular weight is 83.0 g/mol. The molecule has 0 unspecified atom stereocenters. The summed E-state index contributed by atoms with van der Waals surface area (Å²) in [4.78, 5) is 0. The number of hydrogen-bond acceptors (Lipinski definition) is 1. The normalized spacial score (nSPS) is 0.500. The maximum absolute atomic E-state index is 4.00. The van der Waals surface area contributed by atoms with Gasteiger partial charge in [0.2, 0.25) is 0 Å². The SMILES string of the molecule is C#C.N.[Ar]. The van der Waals surface area contributed by atoms with Gasteiger partial charge in [0.05, 0.1) is 0 Å². The van der Waals surface area contributed by atoms with Gasteiger partial charge in [-0.15, -0.1) is 12.8 Å². The van der Waals surface area contributed by atoms with Crippen LogP contribution in [0.2, 0.25) is 0 Å². The second-order valence-corrected chi connectivity index (χ2v) is 0. The molecule has 1 nitrogen and oxygen atoms in total. The van der Waals surface area contributed by atoms with Gasteiger partial charge >= 0.3 is 0 Å². The number of hydrogen-bond donors (Lipinski definition) is 1. The van der Waals surface area contributed by atoms with E-state index in [1.807, 2.05) is 0 Å². The molecule has 0 amide bonds. The molecule has 0 aromatic rings. The van der Waals surface area contributed by atoms with Crippen LogP contribution >= 0.6 is 0 Å². The second kappa shape index (κ2) is 48.0. The molecule has 0 fully saturated rings. The van der Waals surface area contributed by atoms with Crippen LogP contribution in [0.3, 0.4) is 0 Å². The molecule has 0 bridgehead atoms. The summed E-state index contributed by atoms with van der Waals surface area (Å²) in [5, 5.41) is 0. The molecule has 0 aliphatic heterocycles. The Labute approximate surface area is 56.4 Å². The second-order valence-electron chi connectivity index (χ2n) is 0. The molecule has 4 heavy (non-hydrogen) atoms. The fourth-order valence-corrected chi connectivity index (χ4v) is 0. The summed E-state index contributed by atoms with van der Waals surface area (Å²) in [6, 6.07) is 0. The van der Waals surface area contributed by atoms with Crippen LogP contribution in [-0.2, 0) is 0 Å². The molecule has 0 aliphatic rings. The van der Waals surface area contributed by atoms with Crippen molar-refractivity contribution in [1.29, 1.82) is 0 Å². The first-order valence-electron chi connectivity index (χ1n) is 0.333. The van der Waals surface area contributed by atoms with Crippen LogP contribution in [0.25, 0.3) is 0 Å². The Hall–Kier alpha value is 0.780. The largest absolute Gasteiger partial charge is 0.344 e. The van der Waals surface area contributed by atoms with Gasteiger partial charge in [0.25, 0.3) is 0 Å². The van der Waals surface area contributed by atoms with Crippen LogP contribution in [0.15, 0.2) is 0 Å². The Morgan fingerprint density at radius 1 is 1.00 bits per heavy atom. The monoisotopic (exact) mass is 83.0 g/mol. The van der Waals surface area contributed by atoms with Gasteiger partial charge in [0.15, 0.2) is 0 Å². The van der Waals surface area contributed by atoms with E-state index in [1.54, 1.807) is 0 Å². The van der Waals surface area contributed by atoms with E-state index < -0.39 is 0 Å². The minimum absolute atomic E-state index is 0. The van der Waals surface area contributed by atoms with Crippen molar-refractivity contribution in [3.8, 4) is 12.8 Å². The van der Waals surface area contributed by atoms with Crippen LogP contribution in [0.5, 0.6) is 0 Å². The van der Waals surface area contributed by atoms with Crippen molar-refractivity contribution in [2.24, 2.45) is 0 Å². The van der Waals surface area contributed by atoms with E-state index in [0.717, 1.165) is 0 Å². The molecule has 26 valence electrons. The summed E-state index contributed by atoms with van der Waals surface area (Å²) < 4.78 is 0. The third-order valence-electron chi connectivity index (χ3n) is 0. The molecule has 0 rings (SSSR count). The van der Waals surface area contributed by atoms with Crippen molar-refractivity contribution < 1.29 is 37.7 Å². The Morgan fingerprint density at radius 2 is 1.00 bits per heavy atom. The minimum Gasteiger partial charge on any atom is -0.344 e. The maximum atomic E-state index is 4.00. The molecular weight excluding hydrogens is 78.0 g/mol. The summed E-state index contributed by atoms with van der Waals surface area (Å²) >= 11 is 0. The van der Waals surface area contributed by atoms with Crippen LogP contribution in [0, 0.1) is 50.6 Å². The zero-order chi connectivity index (χ0) is 2.00. The summed E-state index contributed by atoms with van der Waals surface area (Å²) in [5.74, 6) is 0. The first kappa shape index (κ1) is 21.6. The zero-order valence-corrected chi connectivity index (χ0v) is 2.92. The Bertz CT molecular complexity index is 10.8. The summed E-state index contributed by atoms with van der Waals surface area (Å²) in [5.41, 5.74) is 0. The zero-order valence-electron chi connectivity index (χ0n) is 2.22. The van der Waals surface area contributed by atoms with Crippen molar-refractivity contribution in [3.63, 3.8) is 0 Å². The van der Waals surface area contributed by atoms with E-state index >= 15 is 0 Å². The van der Waals surface area contributed by atoms with Crippen molar-refractivity contribution >= 4 is 0 Å². The molecule has 0 aromatic carbocycles.